The maximum Gasteiger partial charge on any atom is 0.229 e. The van der Waals surface area contributed by atoms with Gasteiger partial charge in [0, 0.05) is 63.4 Å². The van der Waals surface area contributed by atoms with Crippen LogP contribution in [0.25, 0.3) is 0 Å². The van der Waals surface area contributed by atoms with Crippen molar-refractivity contribution in [2.24, 2.45) is 0 Å². The van der Waals surface area contributed by atoms with E-state index in [2.05, 4.69) is 42.5 Å². The molecule has 2 aromatic heterocycles. The van der Waals surface area contributed by atoms with Crippen molar-refractivity contribution in [2.45, 2.75) is 19.5 Å². The molecular weight excluding hydrogens is 421 g/mol. The van der Waals surface area contributed by atoms with E-state index in [1.807, 2.05) is 10.9 Å². The zero-order chi connectivity index (χ0) is 23.0. The summed E-state index contributed by atoms with van der Waals surface area (Å²) < 4.78 is 15.8. The van der Waals surface area contributed by atoms with Crippen LogP contribution in [0.1, 0.15) is 17.5 Å². The van der Waals surface area contributed by atoms with Gasteiger partial charge in [0.1, 0.15) is 11.6 Å². The second kappa shape index (κ2) is 11.0. The quantitative estimate of drug-likeness (QED) is 0.408. The van der Waals surface area contributed by atoms with E-state index in [1.54, 1.807) is 30.6 Å². The molecule has 3 aromatic rings. The molecule has 3 heterocycles. The van der Waals surface area contributed by atoms with Crippen LogP contribution in [0.3, 0.4) is 0 Å². The number of aryl methyl sites for hydroxylation is 1. The molecule has 3 N–H and O–H groups in total. The molecule has 0 atom stereocenters. The fraction of sp³-hybridized carbons (Fsp3) is 0.391. The van der Waals surface area contributed by atoms with Crippen molar-refractivity contribution in [1.29, 1.82) is 5.41 Å². The van der Waals surface area contributed by atoms with Crippen LogP contribution in [0, 0.1) is 11.2 Å². The normalized spacial score (nSPS) is 14.8. The third kappa shape index (κ3) is 6.33. The van der Waals surface area contributed by atoms with Gasteiger partial charge in [0.2, 0.25) is 5.95 Å². The number of hydrogen-bond donors (Lipinski definition) is 3. The van der Waals surface area contributed by atoms with Crippen LogP contribution >= 0.6 is 0 Å². The van der Waals surface area contributed by atoms with Crippen molar-refractivity contribution < 1.29 is 4.39 Å². The van der Waals surface area contributed by atoms with E-state index in [1.165, 1.54) is 12.3 Å². The van der Waals surface area contributed by atoms with Gasteiger partial charge in [0.05, 0.1) is 17.4 Å². The highest BCUT2D eigenvalue weighted by Gasteiger charge is 2.13. The minimum absolute atomic E-state index is 0.259. The van der Waals surface area contributed by atoms with Gasteiger partial charge in [-0.3, -0.25) is 4.68 Å². The Morgan fingerprint density at radius 2 is 1.94 bits per heavy atom. The first-order valence-corrected chi connectivity index (χ1v) is 11.2. The number of anilines is 3. The average Bonchev–Trinajstić information content (AvgIpc) is 3.27. The van der Waals surface area contributed by atoms with Gasteiger partial charge in [-0.2, -0.15) is 10.1 Å². The van der Waals surface area contributed by atoms with Gasteiger partial charge in [-0.05, 0) is 26.1 Å². The zero-order valence-electron chi connectivity index (χ0n) is 18.8. The maximum atomic E-state index is 13.9. The summed E-state index contributed by atoms with van der Waals surface area (Å²) in [4.78, 5) is 13.6. The lowest BCUT2D eigenvalue weighted by molar-refractivity contribution is 0.151. The first kappa shape index (κ1) is 22.8. The van der Waals surface area contributed by atoms with E-state index < -0.39 is 0 Å². The zero-order valence-corrected chi connectivity index (χ0v) is 18.8. The van der Waals surface area contributed by atoms with E-state index in [0.717, 1.165) is 51.4 Å². The molecule has 0 bridgehead atoms. The van der Waals surface area contributed by atoms with Crippen LogP contribution in [0.15, 0.2) is 42.9 Å². The van der Waals surface area contributed by atoms with Crippen LogP contribution in [0.4, 0.5) is 21.8 Å². The second-order valence-corrected chi connectivity index (χ2v) is 8.20. The van der Waals surface area contributed by atoms with Crippen molar-refractivity contribution in [3.63, 3.8) is 0 Å². The Bertz CT molecular complexity index is 1060. The highest BCUT2D eigenvalue weighted by molar-refractivity contribution is 5.84. The monoisotopic (exact) mass is 451 g/mol. The van der Waals surface area contributed by atoms with E-state index >= 15 is 0 Å². The summed E-state index contributed by atoms with van der Waals surface area (Å²) in [6, 6.07) is 6.57. The van der Waals surface area contributed by atoms with E-state index in [-0.39, 0.29) is 12.4 Å². The number of nitrogens with zero attached hydrogens (tertiary/aromatic N) is 6. The molecule has 0 radical (unpaired) electrons. The number of aromatic nitrogens is 4. The smallest absolute Gasteiger partial charge is 0.229 e. The van der Waals surface area contributed by atoms with Crippen molar-refractivity contribution in [3.8, 4) is 0 Å². The molecular formula is C23H30FN9. The highest BCUT2D eigenvalue weighted by atomic mass is 19.1. The molecule has 1 aliphatic rings. The lowest BCUT2D eigenvalue weighted by atomic mass is 10.2. The summed E-state index contributed by atoms with van der Waals surface area (Å²) in [7, 11) is 2.17. The average molecular weight is 452 g/mol. The number of halogens is 1. The maximum absolute atomic E-state index is 13.9. The number of hydrogen-bond acceptors (Lipinski definition) is 8. The molecule has 9 nitrogen and oxygen atoms in total. The molecule has 0 spiro atoms. The number of benzene rings is 1. The van der Waals surface area contributed by atoms with Gasteiger partial charge in [0.15, 0.2) is 0 Å². The molecule has 0 aliphatic carbocycles. The third-order valence-corrected chi connectivity index (χ3v) is 5.72. The van der Waals surface area contributed by atoms with Gasteiger partial charge in [0.25, 0.3) is 0 Å². The highest BCUT2D eigenvalue weighted by Crippen LogP contribution is 2.18. The number of rotatable bonds is 10. The van der Waals surface area contributed by atoms with Crippen LogP contribution in [0.5, 0.6) is 0 Å². The first-order valence-electron chi connectivity index (χ1n) is 11.2. The second-order valence-electron chi connectivity index (χ2n) is 8.20. The number of nitrogens with one attached hydrogen (secondary N) is 3. The molecule has 10 heteroatoms. The van der Waals surface area contributed by atoms with Crippen LogP contribution < -0.4 is 10.6 Å². The van der Waals surface area contributed by atoms with Crippen LogP contribution in [-0.4, -0.2) is 75.5 Å². The lowest BCUT2D eigenvalue weighted by Gasteiger charge is -2.32. The van der Waals surface area contributed by atoms with Gasteiger partial charge >= 0.3 is 0 Å². The van der Waals surface area contributed by atoms with E-state index in [4.69, 9.17) is 5.41 Å². The molecule has 1 aliphatic heterocycles. The number of likely N-dealkylation sites (N-methyl/N-ethyl adjacent to an activating group) is 1. The standard InChI is InChI=1S/C23H30FN9/c1-31-9-11-32(12-10-31)7-4-8-33-17-20(16-28-33)29-23-27-15-19(13-25)22(30-23)26-14-18-5-2-3-6-21(18)24/h2-3,5-6,13,15-17,25H,4,7-12,14H2,1H3,(H2,26,27,29,30). The molecule has 4 rings (SSSR count). The van der Waals surface area contributed by atoms with Gasteiger partial charge in [-0.1, -0.05) is 18.2 Å². The summed E-state index contributed by atoms with van der Waals surface area (Å²) in [5.41, 5.74) is 1.84. The van der Waals surface area contributed by atoms with Crippen LogP contribution in [0.2, 0.25) is 0 Å². The lowest BCUT2D eigenvalue weighted by Crippen LogP contribution is -2.44. The fourth-order valence-electron chi connectivity index (χ4n) is 3.73. The summed E-state index contributed by atoms with van der Waals surface area (Å²) >= 11 is 0. The van der Waals surface area contributed by atoms with Crippen molar-refractivity contribution in [3.05, 3.63) is 59.8 Å². The van der Waals surface area contributed by atoms with Crippen LogP contribution in [-0.2, 0) is 13.1 Å². The Balaban J connectivity index is 1.32. The Labute approximate surface area is 193 Å². The van der Waals surface area contributed by atoms with E-state index in [0.29, 0.717) is 22.9 Å². The van der Waals surface area contributed by atoms with Gasteiger partial charge < -0.3 is 25.8 Å². The van der Waals surface area contributed by atoms with E-state index in [9.17, 15) is 4.39 Å². The summed E-state index contributed by atoms with van der Waals surface area (Å²) in [5.74, 6) is 0.563. The molecule has 0 saturated carbocycles. The Hall–Kier alpha value is -3.37. The fourth-order valence-corrected chi connectivity index (χ4v) is 3.73. The Kier molecular flexibility index (Phi) is 7.59. The Morgan fingerprint density at radius 3 is 2.73 bits per heavy atom. The predicted octanol–water partition coefficient (Wildman–Crippen LogP) is 2.80. The molecule has 1 saturated heterocycles. The topological polar surface area (TPSA) is 98.0 Å². The van der Waals surface area contributed by atoms with Crippen molar-refractivity contribution >= 4 is 23.7 Å². The molecule has 1 aromatic carbocycles. The summed E-state index contributed by atoms with van der Waals surface area (Å²) in [6.07, 6.45) is 7.46. The molecule has 0 amide bonds. The van der Waals surface area contributed by atoms with Gasteiger partial charge in [-0.15, -0.1) is 0 Å². The van der Waals surface area contributed by atoms with Crippen molar-refractivity contribution in [1.82, 2.24) is 29.5 Å². The van der Waals surface area contributed by atoms with Crippen molar-refractivity contribution in [2.75, 3.05) is 50.4 Å². The minimum Gasteiger partial charge on any atom is -0.365 e. The predicted molar refractivity (Wildman–Crippen MR) is 128 cm³/mol. The SMILES string of the molecule is CN1CCN(CCCn2cc(Nc3ncc(C=N)c(NCc4ccccc4F)n3)cn2)CC1. The molecule has 33 heavy (non-hydrogen) atoms. The van der Waals surface area contributed by atoms with Gasteiger partial charge in [-0.25, -0.2) is 9.37 Å². The minimum atomic E-state index is -0.283. The summed E-state index contributed by atoms with van der Waals surface area (Å²) in [6.45, 7) is 6.68. The molecule has 174 valence electrons. The Morgan fingerprint density at radius 1 is 1.12 bits per heavy atom. The molecule has 1 fully saturated rings. The number of piperazine rings is 1. The summed E-state index contributed by atoms with van der Waals surface area (Å²) in [5, 5.41) is 18.3. The first-order chi connectivity index (χ1) is 16.1. The largest absolute Gasteiger partial charge is 0.365 e. The molecule has 0 unspecified atom stereocenters. The third-order valence-electron chi connectivity index (χ3n) is 5.72.